The summed E-state index contributed by atoms with van der Waals surface area (Å²) in [6.45, 7) is 1.03. The van der Waals surface area contributed by atoms with E-state index >= 15 is 0 Å². The lowest BCUT2D eigenvalue weighted by atomic mass is 9.49. The number of methoxy groups -OCH3 is 1. The second kappa shape index (κ2) is 7.43. The van der Waals surface area contributed by atoms with E-state index in [4.69, 9.17) is 13.9 Å². The van der Waals surface area contributed by atoms with E-state index in [1.54, 1.807) is 19.2 Å². The molecule has 0 saturated heterocycles. The number of hydrogen-bond acceptors (Lipinski definition) is 4. The first kappa shape index (κ1) is 18.6. The quantitative estimate of drug-likeness (QED) is 0.731. The maximum absolute atomic E-state index is 12.7. The van der Waals surface area contributed by atoms with Gasteiger partial charge in [-0.05, 0) is 86.0 Å². The lowest BCUT2D eigenvalue weighted by Crippen LogP contribution is -2.51. The van der Waals surface area contributed by atoms with Crippen LogP contribution in [0.2, 0.25) is 0 Å². The molecule has 1 aromatic carbocycles. The Morgan fingerprint density at radius 1 is 1.03 bits per heavy atom. The molecule has 0 atom stereocenters. The summed E-state index contributed by atoms with van der Waals surface area (Å²) in [7, 11) is 1.61. The summed E-state index contributed by atoms with van der Waals surface area (Å²) in [5.74, 6) is 4.85. The number of carbonyl (C=O) groups excluding carboxylic acids is 1. The highest BCUT2D eigenvalue weighted by Crippen LogP contribution is 2.59. The third-order valence-electron chi connectivity index (χ3n) is 7.11. The van der Waals surface area contributed by atoms with Gasteiger partial charge in [0.05, 0.1) is 7.11 Å². The van der Waals surface area contributed by atoms with Crippen LogP contribution in [0.4, 0.5) is 0 Å². The van der Waals surface area contributed by atoms with Crippen molar-refractivity contribution in [2.75, 3.05) is 13.7 Å². The molecule has 0 unspecified atom stereocenters. The van der Waals surface area contributed by atoms with Crippen LogP contribution in [-0.4, -0.2) is 19.6 Å². The fourth-order valence-corrected chi connectivity index (χ4v) is 6.33. The molecule has 154 valence electrons. The molecule has 0 spiro atoms. The van der Waals surface area contributed by atoms with E-state index < -0.39 is 0 Å². The minimum atomic E-state index is -0.121. The van der Waals surface area contributed by atoms with Crippen LogP contribution in [0.5, 0.6) is 11.5 Å². The van der Waals surface area contributed by atoms with Gasteiger partial charge >= 0.3 is 0 Å². The highest BCUT2D eigenvalue weighted by molar-refractivity contribution is 5.91. The Morgan fingerprint density at radius 2 is 1.69 bits per heavy atom. The maximum atomic E-state index is 12.7. The van der Waals surface area contributed by atoms with Crippen LogP contribution >= 0.6 is 0 Å². The van der Waals surface area contributed by atoms with E-state index in [0.29, 0.717) is 28.4 Å². The summed E-state index contributed by atoms with van der Waals surface area (Å²) in [5.41, 5.74) is 0.326. The molecule has 1 amide bonds. The molecule has 2 aromatic rings. The second-order valence-corrected chi connectivity index (χ2v) is 9.31. The molecule has 4 fully saturated rings. The minimum absolute atomic E-state index is 0.121. The molecule has 29 heavy (non-hydrogen) atoms. The SMILES string of the molecule is COc1ccccc1OCc1ccc(C(=O)NCC23CC4CC(CC(C4)C2)C3)o1. The number of rotatable bonds is 7. The minimum Gasteiger partial charge on any atom is -0.493 e. The summed E-state index contributed by atoms with van der Waals surface area (Å²) in [6, 6.07) is 11.0. The van der Waals surface area contributed by atoms with Crippen LogP contribution in [-0.2, 0) is 6.61 Å². The van der Waals surface area contributed by atoms with Crippen molar-refractivity contribution < 1.29 is 18.7 Å². The van der Waals surface area contributed by atoms with Gasteiger partial charge in [-0.2, -0.15) is 0 Å². The smallest absolute Gasteiger partial charge is 0.287 e. The van der Waals surface area contributed by atoms with Crippen LogP contribution in [0.1, 0.15) is 54.8 Å². The summed E-state index contributed by atoms with van der Waals surface area (Å²) in [5, 5.41) is 3.17. The third kappa shape index (κ3) is 3.75. The number of ether oxygens (including phenoxy) is 2. The Labute approximate surface area is 171 Å². The van der Waals surface area contributed by atoms with Crippen LogP contribution in [0.25, 0.3) is 0 Å². The first-order chi connectivity index (χ1) is 14.1. The van der Waals surface area contributed by atoms with Gasteiger partial charge in [-0.1, -0.05) is 12.1 Å². The fraction of sp³-hybridized carbons (Fsp3) is 0.542. The molecule has 5 nitrogen and oxygen atoms in total. The summed E-state index contributed by atoms with van der Waals surface area (Å²) in [4.78, 5) is 12.7. The largest absolute Gasteiger partial charge is 0.493 e. The Balaban J connectivity index is 1.17. The van der Waals surface area contributed by atoms with Gasteiger partial charge in [0, 0.05) is 6.54 Å². The Bertz CT molecular complexity index is 851. The molecule has 0 radical (unpaired) electrons. The lowest BCUT2D eigenvalue weighted by Gasteiger charge is -2.56. The normalized spacial score (nSPS) is 29.6. The molecule has 4 bridgehead atoms. The number of furan rings is 1. The van der Waals surface area contributed by atoms with Crippen LogP contribution in [0.15, 0.2) is 40.8 Å². The third-order valence-corrected chi connectivity index (χ3v) is 7.11. The van der Waals surface area contributed by atoms with Crippen molar-refractivity contribution in [3.05, 3.63) is 47.9 Å². The van der Waals surface area contributed by atoms with Crippen molar-refractivity contribution in [2.24, 2.45) is 23.2 Å². The van der Waals surface area contributed by atoms with Crippen LogP contribution in [0.3, 0.4) is 0 Å². The van der Waals surface area contributed by atoms with Crippen molar-refractivity contribution >= 4 is 5.91 Å². The number of para-hydroxylation sites is 2. The summed E-state index contributed by atoms with van der Waals surface area (Å²) >= 11 is 0. The van der Waals surface area contributed by atoms with E-state index in [0.717, 1.165) is 24.3 Å². The monoisotopic (exact) mass is 395 g/mol. The van der Waals surface area contributed by atoms with Gasteiger partial charge in [-0.3, -0.25) is 4.79 Å². The Kier molecular flexibility index (Phi) is 4.76. The summed E-state index contributed by atoms with van der Waals surface area (Å²) < 4.78 is 16.8. The number of carbonyl (C=O) groups is 1. The van der Waals surface area contributed by atoms with Gasteiger partial charge in [0.2, 0.25) is 0 Å². The molecular weight excluding hydrogens is 366 g/mol. The van der Waals surface area contributed by atoms with Gasteiger partial charge in [-0.15, -0.1) is 0 Å². The Hall–Kier alpha value is -2.43. The molecule has 1 aromatic heterocycles. The first-order valence-corrected chi connectivity index (χ1v) is 10.8. The standard InChI is InChI=1S/C24H29NO4/c1-27-20-4-2-3-5-21(20)28-14-19-6-7-22(29-19)23(26)25-15-24-11-16-8-17(12-24)10-18(9-16)13-24/h2-7,16-18H,8-15H2,1H3,(H,25,26). The predicted molar refractivity (Wildman–Crippen MR) is 109 cm³/mol. The number of nitrogens with one attached hydrogen (secondary N) is 1. The zero-order chi connectivity index (χ0) is 19.8. The highest BCUT2D eigenvalue weighted by Gasteiger charge is 2.50. The van der Waals surface area contributed by atoms with Gasteiger partial charge in [-0.25, -0.2) is 0 Å². The molecule has 4 aliphatic rings. The van der Waals surface area contributed by atoms with Crippen molar-refractivity contribution in [3.63, 3.8) is 0 Å². The number of benzene rings is 1. The second-order valence-electron chi connectivity index (χ2n) is 9.31. The molecule has 5 heteroatoms. The zero-order valence-corrected chi connectivity index (χ0v) is 17.0. The van der Waals surface area contributed by atoms with Crippen molar-refractivity contribution in [3.8, 4) is 11.5 Å². The van der Waals surface area contributed by atoms with Gasteiger partial charge in [0.1, 0.15) is 12.4 Å². The Morgan fingerprint density at radius 3 is 2.34 bits per heavy atom. The average molecular weight is 395 g/mol. The topological polar surface area (TPSA) is 60.7 Å². The average Bonchev–Trinajstić information content (AvgIpc) is 3.19. The van der Waals surface area contributed by atoms with Gasteiger partial charge < -0.3 is 19.2 Å². The number of amides is 1. The molecule has 1 N–H and O–H groups in total. The molecule has 6 rings (SSSR count). The van der Waals surface area contributed by atoms with Crippen molar-refractivity contribution in [1.29, 1.82) is 0 Å². The zero-order valence-electron chi connectivity index (χ0n) is 17.0. The highest BCUT2D eigenvalue weighted by atomic mass is 16.5. The molecular formula is C24H29NO4. The van der Waals surface area contributed by atoms with Gasteiger partial charge in [0.15, 0.2) is 17.3 Å². The van der Waals surface area contributed by atoms with E-state index in [9.17, 15) is 4.79 Å². The van der Waals surface area contributed by atoms with E-state index in [2.05, 4.69) is 5.32 Å². The van der Waals surface area contributed by atoms with Crippen molar-refractivity contribution in [1.82, 2.24) is 5.32 Å². The van der Waals surface area contributed by atoms with Crippen molar-refractivity contribution in [2.45, 2.75) is 45.1 Å². The van der Waals surface area contributed by atoms with E-state index in [1.165, 1.54) is 38.5 Å². The summed E-state index contributed by atoms with van der Waals surface area (Å²) in [6.07, 6.45) is 8.11. The number of hydrogen-bond donors (Lipinski definition) is 1. The maximum Gasteiger partial charge on any atom is 0.287 e. The lowest BCUT2D eigenvalue weighted by molar-refractivity contribution is -0.0504. The molecule has 4 saturated carbocycles. The van der Waals surface area contributed by atoms with E-state index in [1.807, 2.05) is 24.3 Å². The van der Waals surface area contributed by atoms with E-state index in [-0.39, 0.29) is 12.5 Å². The molecule has 4 aliphatic carbocycles. The van der Waals surface area contributed by atoms with Crippen LogP contribution < -0.4 is 14.8 Å². The fourth-order valence-electron chi connectivity index (χ4n) is 6.33. The van der Waals surface area contributed by atoms with Gasteiger partial charge in [0.25, 0.3) is 5.91 Å². The molecule has 0 aliphatic heterocycles. The predicted octanol–water partition coefficient (Wildman–Crippen LogP) is 4.81. The molecule has 1 heterocycles. The first-order valence-electron chi connectivity index (χ1n) is 10.8. The van der Waals surface area contributed by atoms with Crippen LogP contribution in [0, 0.1) is 23.2 Å².